The van der Waals surface area contributed by atoms with Crippen molar-refractivity contribution in [1.29, 1.82) is 0 Å². The van der Waals surface area contributed by atoms with Crippen LogP contribution in [0.5, 0.6) is 5.75 Å². The number of benzene rings is 1. The van der Waals surface area contributed by atoms with Gasteiger partial charge in [0.05, 0.1) is 7.11 Å². The Labute approximate surface area is 124 Å². The first-order valence-electron chi connectivity index (χ1n) is 6.87. The lowest BCUT2D eigenvalue weighted by Crippen LogP contribution is -2.30. The molecule has 0 atom stereocenters. The van der Waals surface area contributed by atoms with Gasteiger partial charge in [-0.05, 0) is 30.4 Å². The van der Waals surface area contributed by atoms with Crippen molar-refractivity contribution in [2.45, 2.75) is 26.7 Å². The molecule has 3 N–H and O–H groups in total. The lowest BCUT2D eigenvalue weighted by Gasteiger charge is -2.21. The van der Waals surface area contributed by atoms with Crippen LogP contribution in [-0.2, 0) is 0 Å². The fraction of sp³-hybridized carbons (Fsp3) is 0.533. The molecular formula is C15H23FN2O3. The summed E-state index contributed by atoms with van der Waals surface area (Å²) in [5.41, 5.74) is 0.221. The lowest BCUT2D eigenvalue weighted by molar-refractivity contribution is 0.148. The molecule has 1 aromatic carbocycles. The Morgan fingerprint density at radius 2 is 2.14 bits per heavy atom. The monoisotopic (exact) mass is 298 g/mol. The van der Waals surface area contributed by atoms with Crippen LogP contribution in [0.15, 0.2) is 18.2 Å². The van der Waals surface area contributed by atoms with Crippen LogP contribution in [0.2, 0.25) is 0 Å². The number of anilines is 1. The van der Waals surface area contributed by atoms with E-state index in [0.29, 0.717) is 12.2 Å². The predicted octanol–water partition coefficient (Wildman–Crippen LogP) is 2.75. The second-order valence-corrected chi connectivity index (χ2v) is 5.66. The number of nitrogens with one attached hydrogen (secondary N) is 2. The Morgan fingerprint density at radius 3 is 2.71 bits per heavy atom. The maximum absolute atomic E-state index is 13.5. The minimum absolute atomic E-state index is 0.115. The molecule has 0 saturated heterocycles. The van der Waals surface area contributed by atoms with Gasteiger partial charge in [0.2, 0.25) is 0 Å². The van der Waals surface area contributed by atoms with Crippen LogP contribution < -0.4 is 15.4 Å². The predicted molar refractivity (Wildman–Crippen MR) is 80.1 cm³/mol. The molecule has 21 heavy (non-hydrogen) atoms. The van der Waals surface area contributed by atoms with Gasteiger partial charge in [-0.25, -0.2) is 9.18 Å². The maximum Gasteiger partial charge on any atom is 0.319 e. The molecule has 1 rings (SSSR count). The first kappa shape index (κ1) is 17.2. The van der Waals surface area contributed by atoms with E-state index in [2.05, 4.69) is 10.6 Å². The van der Waals surface area contributed by atoms with Gasteiger partial charge in [0.1, 0.15) is 0 Å². The highest BCUT2D eigenvalue weighted by molar-refractivity contribution is 5.89. The van der Waals surface area contributed by atoms with Crippen molar-refractivity contribution in [1.82, 2.24) is 5.32 Å². The van der Waals surface area contributed by atoms with Gasteiger partial charge in [-0.3, -0.25) is 0 Å². The van der Waals surface area contributed by atoms with Gasteiger partial charge in [-0.1, -0.05) is 13.8 Å². The quantitative estimate of drug-likeness (QED) is 0.678. The summed E-state index contributed by atoms with van der Waals surface area (Å²) in [6.07, 6.45) is 1.57. The highest BCUT2D eigenvalue weighted by Gasteiger charge is 2.15. The van der Waals surface area contributed by atoms with Crippen molar-refractivity contribution >= 4 is 11.7 Å². The Balaban J connectivity index is 2.36. The number of urea groups is 1. The Kier molecular flexibility index (Phi) is 6.42. The Morgan fingerprint density at radius 1 is 1.43 bits per heavy atom. The van der Waals surface area contributed by atoms with Crippen LogP contribution in [0.3, 0.4) is 0 Å². The summed E-state index contributed by atoms with van der Waals surface area (Å²) in [7, 11) is 1.38. The molecule has 0 unspecified atom stereocenters. The van der Waals surface area contributed by atoms with E-state index in [1.807, 2.05) is 13.8 Å². The molecule has 118 valence electrons. The third-order valence-electron chi connectivity index (χ3n) is 3.15. The van der Waals surface area contributed by atoms with Crippen molar-refractivity contribution < 1.29 is 19.0 Å². The molecule has 0 aromatic heterocycles. The first-order valence-corrected chi connectivity index (χ1v) is 6.87. The van der Waals surface area contributed by atoms with Crippen LogP contribution in [0, 0.1) is 11.2 Å². The largest absolute Gasteiger partial charge is 0.494 e. The van der Waals surface area contributed by atoms with Gasteiger partial charge >= 0.3 is 6.03 Å². The van der Waals surface area contributed by atoms with Crippen molar-refractivity contribution in [3.05, 3.63) is 24.0 Å². The third kappa shape index (κ3) is 5.99. The van der Waals surface area contributed by atoms with Gasteiger partial charge in [0, 0.05) is 24.9 Å². The van der Waals surface area contributed by atoms with E-state index >= 15 is 0 Å². The fourth-order valence-electron chi connectivity index (χ4n) is 1.77. The van der Waals surface area contributed by atoms with E-state index in [-0.39, 0.29) is 23.8 Å². The number of rotatable bonds is 7. The molecule has 0 aliphatic heterocycles. The molecule has 0 saturated carbocycles. The van der Waals surface area contributed by atoms with Gasteiger partial charge in [0.25, 0.3) is 0 Å². The summed E-state index contributed by atoms with van der Waals surface area (Å²) in [6, 6.07) is 3.83. The number of carbonyl (C=O) groups excluding carboxylic acids is 1. The number of halogens is 1. The molecule has 2 amide bonds. The molecule has 0 fully saturated rings. The molecule has 0 aliphatic rings. The highest BCUT2D eigenvalue weighted by Crippen LogP contribution is 2.21. The SMILES string of the molecule is COc1ccc(NC(=O)NCCCC(C)(C)CO)cc1F. The van der Waals surface area contributed by atoms with E-state index < -0.39 is 5.82 Å². The average molecular weight is 298 g/mol. The molecule has 0 aliphatic carbocycles. The molecule has 0 spiro atoms. The zero-order valence-corrected chi connectivity index (χ0v) is 12.7. The van der Waals surface area contributed by atoms with E-state index in [1.54, 1.807) is 6.07 Å². The summed E-state index contributed by atoms with van der Waals surface area (Å²) >= 11 is 0. The first-order chi connectivity index (χ1) is 9.88. The van der Waals surface area contributed by atoms with E-state index in [4.69, 9.17) is 9.84 Å². The zero-order chi connectivity index (χ0) is 15.9. The standard InChI is InChI=1S/C15H23FN2O3/c1-15(2,10-19)7-4-8-17-14(20)18-11-5-6-13(21-3)12(16)9-11/h5-6,9,19H,4,7-8,10H2,1-3H3,(H2,17,18,20). The summed E-state index contributed by atoms with van der Waals surface area (Å²) in [6.45, 7) is 4.54. The van der Waals surface area contributed by atoms with Gasteiger partial charge in [0.15, 0.2) is 11.6 Å². The second kappa shape index (κ2) is 7.83. The summed E-state index contributed by atoms with van der Waals surface area (Å²) in [5, 5.41) is 14.4. The molecule has 0 heterocycles. The van der Waals surface area contributed by atoms with E-state index in [1.165, 1.54) is 19.2 Å². The number of amides is 2. The number of aliphatic hydroxyl groups is 1. The highest BCUT2D eigenvalue weighted by atomic mass is 19.1. The normalized spacial score (nSPS) is 11.1. The van der Waals surface area contributed by atoms with Gasteiger partial charge in [-0.2, -0.15) is 0 Å². The van der Waals surface area contributed by atoms with Crippen LogP contribution in [0.4, 0.5) is 14.9 Å². The number of hydrogen-bond donors (Lipinski definition) is 3. The fourth-order valence-corrected chi connectivity index (χ4v) is 1.77. The summed E-state index contributed by atoms with van der Waals surface area (Å²) < 4.78 is 18.3. The van der Waals surface area contributed by atoms with E-state index in [0.717, 1.165) is 12.8 Å². The molecular weight excluding hydrogens is 275 g/mol. The van der Waals surface area contributed by atoms with Gasteiger partial charge < -0.3 is 20.5 Å². The number of aliphatic hydroxyl groups excluding tert-OH is 1. The van der Waals surface area contributed by atoms with Crippen LogP contribution in [0.1, 0.15) is 26.7 Å². The van der Waals surface area contributed by atoms with Crippen molar-refractivity contribution in [2.24, 2.45) is 5.41 Å². The van der Waals surface area contributed by atoms with Gasteiger partial charge in [-0.15, -0.1) is 0 Å². The molecule has 0 radical (unpaired) electrons. The van der Waals surface area contributed by atoms with Crippen molar-refractivity contribution in [2.75, 3.05) is 25.6 Å². The minimum Gasteiger partial charge on any atom is -0.494 e. The maximum atomic E-state index is 13.5. The number of methoxy groups -OCH3 is 1. The van der Waals surface area contributed by atoms with Crippen LogP contribution in [0.25, 0.3) is 0 Å². The van der Waals surface area contributed by atoms with E-state index in [9.17, 15) is 9.18 Å². The lowest BCUT2D eigenvalue weighted by atomic mass is 9.89. The minimum atomic E-state index is -0.528. The topological polar surface area (TPSA) is 70.6 Å². The third-order valence-corrected chi connectivity index (χ3v) is 3.15. The van der Waals surface area contributed by atoms with Crippen LogP contribution >= 0.6 is 0 Å². The molecule has 0 bridgehead atoms. The summed E-state index contributed by atoms with van der Waals surface area (Å²) in [4.78, 5) is 11.6. The smallest absolute Gasteiger partial charge is 0.319 e. The molecule has 1 aromatic rings. The van der Waals surface area contributed by atoms with Crippen molar-refractivity contribution in [3.63, 3.8) is 0 Å². The number of ether oxygens (including phenoxy) is 1. The Hall–Kier alpha value is -1.82. The second-order valence-electron chi connectivity index (χ2n) is 5.66. The number of carbonyl (C=O) groups is 1. The zero-order valence-electron chi connectivity index (χ0n) is 12.7. The van der Waals surface area contributed by atoms with Crippen molar-refractivity contribution in [3.8, 4) is 5.75 Å². The number of hydrogen-bond acceptors (Lipinski definition) is 3. The molecule has 5 nitrogen and oxygen atoms in total. The van der Waals surface area contributed by atoms with Crippen LogP contribution in [-0.4, -0.2) is 31.4 Å². The Bertz CT molecular complexity index is 478. The molecule has 6 heteroatoms. The average Bonchev–Trinajstić information content (AvgIpc) is 2.44. The summed E-state index contributed by atoms with van der Waals surface area (Å²) in [5.74, 6) is -0.396.